The van der Waals surface area contributed by atoms with Crippen molar-refractivity contribution in [2.75, 3.05) is 0 Å². The van der Waals surface area contributed by atoms with Gasteiger partial charge in [-0.1, -0.05) is 27.2 Å². The van der Waals surface area contributed by atoms with Crippen LogP contribution in [0.4, 0.5) is 0 Å². The zero-order valence-corrected chi connectivity index (χ0v) is 16.2. The average Bonchev–Trinajstić information content (AvgIpc) is 3.15. The fourth-order valence-corrected chi connectivity index (χ4v) is 4.03. The zero-order chi connectivity index (χ0) is 17.5. The van der Waals surface area contributed by atoms with E-state index < -0.39 is 0 Å². The molecule has 0 aliphatic heterocycles. The van der Waals surface area contributed by atoms with Crippen LogP contribution in [0.3, 0.4) is 0 Å². The highest BCUT2D eigenvalue weighted by molar-refractivity contribution is 7.18. The summed E-state index contributed by atoms with van der Waals surface area (Å²) in [6.45, 7) is 8.10. The van der Waals surface area contributed by atoms with E-state index >= 15 is 0 Å². The van der Waals surface area contributed by atoms with E-state index in [9.17, 15) is 0 Å². The Morgan fingerprint density at radius 1 is 1.21 bits per heavy atom. The highest BCUT2D eigenvalue weighted by Crippen LogP contribution is 2.40. The molecule has 0 radical (unpaired) electrons. The van der Waals surface area contributed by atoms with E-state index in [1.165, 1.54) is 28.7 Å². The van der Waals surface area contributed by atoms with Crippen molar-refractivity contribution in [3.05, 3.63) is 16.8 Å². The van der Waals surface area contributed by atoms with Gasteiger partial charge in [-0.05, 0) is 51.0 Å². The number of hydrogen-bond donors (Lipinski definition) is 1. The Labute approximate surface area is 149 Å². The number of aromatic nitrogens is 2. The van der Waals surface area contributed by atoms with E-state index in [2.05, 4.69) is 23.8 Å². The summed E-state index contributed by atoms with van der Waals surface area (Å²) >= 11 is 1.82. The number of aryl methyl sites for hydroxylation is 2. The predicted octanol–water partition coefficient (Wildman–Crippen LogP) is 4.91. The van der Waals surface area contributed by atoms with Crippen molar-refractivity contribution in [2.24, 2.45) is 0 Å². The molecule has 1 aliphatic carbocycles. The van der Waals surface area contributed by atoms with Crippen molar-refractivity contribution in [3.8, 4) is 5.88 Å². The van der Waals surface area contributed by atoms with Gasteiger partial charge >= 0.3 is 0 Å². The number of hydrogen-bond acceptors (Lipinski definition) is 5. The normalized spacial score (nSPS) is 15.5. The highest BCUT2D eigenvalue weighted by Gasteiger charge is 2.22. The Morgan fingerprint density at radius 2 is 1.96 bits per heavy atom. The number of ether oxygens (including phenoxy) is 1. The van der Waals surface area contributed by atoms with Crippen LogP contribution in [-0.2, 0) is 12.8 Å². The fraction of sp³-hybridized carbons (Fsp3) is 0.684. The predicted molar refractivity (Wildman–Crippen MR) is 101 cm³/mol. The third-order valence-corrected chi connectivity index (χ3v) is 5.60. The van der Waals surface area contributed by atoms with Crippen LogP contribution in [0.25, 0.3) is 10.2 Å². The highest BCUT2D eigenvalue weighted by atomic mass is 32.1. The molecule has 0 aromatic carbocycles. The third-order valence-electron chi connectivity index (χ3n) is 4.40. The first-order valence-electron chi connectivity index (χ1n) is 9.20. The molecule has 0 saturated heterocycles. The van der Waals surface area contributed by atoms with Gasteiger partial charge in [0.15, 0.2) is 0 Å². The summed E-state index contributed by atoms with van der Waals surface area (Å²) in [4.78, 5) is 11.4. The maximum absolute atomic E-state index is 8.36. The summed E-state index contributed by atoms with van der Waals surface area (Å²) < 4.78 is 6.16. The van der Waals surface area contributed by atoms with Crippen LogP contribution in [0, 0.1) is 0 Å². The first-order chi connectivity index (χ1) is 11.6. The second-order valence-corrected chi connectivity index (χ2v) is 7.49. The molecule has 0 fully saturated rings. The molecular weight excluding hydrogens is 320 g/mol. The molecule has 0 saturated carbocycles. The molecule has 3 rings (SSSR count). The molecule has 134 valence electrons. The van der Waals surface area contributed by atoms with E-state index in [-0.39, 0.29) is 12.2 Å². The topological polar surface area (TPSA) is 55.2 Å². The Balaban J connectivity index is 0.000000368. The number of nitrogens with zero attached hydrogens (tertiary/aromatic N) is 2. The lowest BCUT2D eigenvalue weighted by Crippen LogP contribution is -2.15. The molecule has 0 amide bonds. The summed E-state index contributed by atoms with van der Waals surface area (Å²) in [6.07, 6.45) is 9.55. The molecule has 0 spiro atoms. The van der Waals surface area contributed by atoms with Crippen LogP contribution in [-0.4, -0.2) is 27.3 Å². The average molecular weight is 351 g/mol. The van der Waals surface area contributed by atoms with E-state index in [1.54, 1.807) is 13.3 Å². The largest absolute Gasteiger partial charge is 0.474 e. The SMILES string of the molecule is CCC[C@@H](CC)Oc1ncnc2sc3c(c12)CCC3.CC[C@@H](C)O. The van der Waals surface area contributed by atoms with Gasteiger partial charge in [-0.2, -0.15) is 0 Å². The van der Waals surface area contributed by atoms with E-state index in [0.717, 1.165) is 42.8 Å². The van der Waals surface area contributed by atoms with Crippen LogP contribution < -0.4 is 4.74 Å². The maximum atomic E-state index is 8.36. The van der Waals surface area contributed by atoms with Gasteiger partial charge in [0.1, 0.15) is 17.3 Å². The number of aliphatic hydroxyl groups is 1. The minimum absolute atomic E-state index is 0.116. The molecule has 2 aromatic heterocycles. The second kappa shape index (κ2) is 9.33. The van der Waals surface area contributed by atoms with Gasteiger partial charge < -0.3 is 9.84 Å². The Bertz CT molecular complexity index is 640. The van der Waals surface area contributed by atoms with E-state index in [1.807, 2.05) is 18.3 Å². The minimum Gasteiger partial charge on any atom is -0.474 e. The third kappa shape index (κ3) is 4.67. The van der Waals surface area contributed by atoms with Gasteiger partial charge in [0.05, 0.1) is 11.5 Å². The monoisotopic (exact) mass is 350 g/mol. The standard InChI is InChI=1S/C15H20N2OS.C4H10O/c1-3-6-10(4-2)18-14-13-11-7-5-8-12(11)19-15(13)17-9-16-14;1-3-4(2)5/h9-10H,3-8H2,1-2H3;4-5H,3H2,1-2H3/t10-;4-/m11/s1. The number of rotatable bonds is 6. The lowest BCUT2D eigenvalue weighted by Gasteiger charge is -2.16. The quantitative estimate of drug-likeness (QED) is 0.804. The summed E-state index contributed by atoms with van der Waals surface area (Å²) in [5.41, 5.74) is 1.45. The lowest BCUT2D eigenvalue weighted by molar-refractivity contribution is 0.180. The molecule has 2 heterocycles. The number of fused-ring (bicyclic) bond motifs is 3. The molecule has 5 heteroatoms. The molecule has 2 atom stereocenters. The minimum atomic E-state index is -0.116. The summed E-state index contributed by atoms with van der Waals surface area (Å²) in [5, 5.41) is 9.55. The lowest BCUT2D eigenvalue weighted by atomic mass is 10.1. The molecule has 0 bridgehead atoms. The van der Waals surface area contributed by atoms with Crippen LogP contribution in [0.15, 0.2) is 6.33 Å². The van der Waals surface area contributed by atoms with Crippen LogP contribution in [0.2, 0.25) is 0 Å². The number of aliphatic hydroxyl groups excluding tert-OH is 1. The second-order valence-electron chi connectivity index (χ2n) is 6.41. The van der Waals surface area contributed by atoms with Crippen molar-refractivity contribution in [3.63, 3.8) is 0 Å². The number of thiophene rings is 1. The Kier molecular flexibility index (Phi) is 7.43. The van der Waals surface area contributed by atoms with Crippen molar-refractivity contribution in [1.29, 1.82) is 0 Å². The summed E-state index contributed by atoms with van der Waals surface area (Å²) in [6, 6.07) is 0. The van der Waals surface area contributed by atoms with Gasteiger partial charge in [-0.15, -0.1) is 11.3 Å². The Morgan fingerprint density at radius 3 is 2.58 bits per heavy atom. The van der Waals surface area contributed by atoms with Gasteiger partial charge in [-0.3, -0.25) is 0 Å². The molecule has 24 heavy (non-hydrogen) atoms. The van der Waals surface area contributed by atoms with Gasteiger partial charge in [0.2, 0.25) is 5.88 Å². The smallest absolute Gasteiger partial charge is 0.225 e. The van der Waals surface area contributed by atoms with E-state index in [0.29, 0.717) is 0 Å². The molecule has 1 aliphatic rings. The fourth-order valence-electron chi connectivity index (χ4n) is 2.82. The Hall–Kier alpha value is -1.20. The van der Waals surface area contributed by atoms with Crippen molar-refractivity contribution >= 4 is 21.6 Å². The van der Waals surface area contributed by atoms with Crippen LogP contribution >= 0.6 is 11.3 Å². The molecule has 2 aromatic rings. The molecule has 0 unspecified atom stereocenters. The first-order valence-corrected chi connectivity index (χ1v) is 10.0. The maximum Gasteiger partial charge on any atom is 0.225 e. The van der Waals surface area contributed by atoms with Gasteiger partial charge in [0, 0.05) is 4.88 Å². The summed E-state index contributed by atoms with van der Waals surface area (Å²) in [7, 11) is 0. The van der Waals surface area contributed by atoms with Crippen LogP contribution in [0.5, 0.6) is 5.88 Å². The summed E-state index contributed by atoms with van der Waals surface area (Å²) in [5.74, 6) is 0.810. The molecule has 4 nitrogen and oxygen atoms in total. The van der Waals surface area contributed by atoms with E-state index in [4.69, 9.17) is 9.84 Å². The van der Waals surface area contributed by atoms with Gasteiger partial charge in [-0.25, -0.2) is 9.97 Å². The molecular formula is C19H30N2O2S. The molecule has 1 N–H and O–H groups in total. The van der Waals surface area contributed by atoms with Crippen molar-refractivity contribution in [1.82, 2.24) is 9.97 Å². The van der Waals surface area contributed by atoms with Gasteiger partial charge in [0.25, 0.3) is 0 Å². The van der Waals surface area contributed by atoms with Crippen LogP contribution in [0.1, 0.15) is 70.2 Å². The van der Waals surface area contributed by atoms with Crippen molar-refractivity contribution < 1.29 is 9.84 Å². The van der Waals surface area contributed by atoms with Crippen molar-refractivity contribution in [2.45, 2.75) is 84.8 Å². The zero-order valence-electron chi connectivity index (χ0n) is 15.3. The first kappa shape index (κ1) is 19.1.